The summed E-state index contributed by atoms with van der Waals surface area (Å²) in [4.78, 5) is 0. The van der Waals surface area contributed by atoms with Crippen molar-refractivity contribution in [3.63, 3.8) is 0 Å². The second kappa shape index (κ2) is 4.21. The first-order valence-corrected chi connectivity index (χ1v) is 4.22. The van der Waals surface area contributed by atoms with Crippen LogP contribution in [0.4, 0.5) is 0 Å². The van der Waals surface area contributed by atoms with E-state index >= 15 is 0 Å². The van der Waals surface area contributed by atoms with E-state index in [1.807, 2.05) is 18.2 Å². The first-order valence-electron chi connectivity index (χ1n) is 4.22. The van der Waals surface area contributed by atoms with Crippen LogP contribution in [-0.4, -0.2) is 16.8 Å². The second-order valence-corrected chi connectivity index (χ2v) is 3.05. The van der Waals surface area contributed by atoms with Crippen LogP contribution in [-0.2, 0) is 5.60 Å². The van der Waals surface area contributed by atoms with Crippen molar-refractivity contribution < 1.29 is 10.2 Å². The van der Waals surface area contributed by atoms with Crippen molar-refractivity contribution in [2.75, 3.05) is 6.61 Å². The van der Waals surface area contributed by atoms with Crippen LogP contribution < -0.4 is 0 Å². The van der Waals surface area contributed by atoms with Gasteiger partial charge in [-0.15, -0.1) is 6.58 Å². The largest absolute Gasteiger partial charge is 0.393 e. The van der Waals surface area contributed by atoms with Gasteiger partial charge in [-0.3, -0.25) is 0 Å². The molecule has 0 radical (unpaired) electrons. The fourth-order valence-corrected chi connectivity index (χ4v) is 1.26. The first kappa shape index (κ1) is 9.96. The van der Waals surface area contributed by atoms with Gasteiger partial charge in [0.2, 0.25) is 0 Å². The van der Waals surface area contributed by atoms with Crippen molar-refractivity contribution >= 4 is 0 Å². The number of hydrogen-bond donors (Lipinski definition) is 2. The highest BCUT2D eigenvalue weighted by Gasteiger charge is 2.26. The van der Waals surface area contributed by atoms with E-state index in [-0.39, 0.29) is 6.61 Å². The zero-order valence-electron chi connectivity index (χ0n) is 7.48. The van der Waals surface area contributed by atoms with Gasteiger partial charge in [-0.05, 0) is 5.56 Å². The minimum absolute atomic E-state index is 0.289. The molecule has 13 heavy (non-hydrogen) atoms. The Morgan fingerprint density at radius 3 is 2.38 bits per heavy atom. The Morgan fingerprint density at radius 2 is 1.92 bits per heavy atom. The number of benzene rings is 1. The van der Waals surface area contributed by atoms with Crippen LogP contribution in [0, 0.1) is 0 Å². The molecule has 1 aromatic rings. The van der Waals surface area contributed by atoms with E-state index in [9.17, 15) is 5.11 Å². The smallest absolute Gasteiger partial charge is 0.116 e. The highest BCUT2D eigenvalue weighted by molar-refractivity contribution is 5.23. The first-order chi connectivity index (χ1) is 6.23. The third kappa shape index (κ3) is 2.17. The number of rotatable bonds is 4. The Kier molecular flexibility index (Phi) is 3.23. The van der Waals surface area contributed by atoms with Crippen LogP contribution in [0.25, 0.3) is 0 Å². The molecule has 2 nitrogen and oxygen atoms in total. The zero-order valence-corrected chi connectivity index (χ0v) is 7.48. The molecule has 1 atom stereocenters. The van der Waals surface area contributed by atoms with Crippen molar-refractivity contribution in [3.05, 3.63) is 48.6 Å². The topological polar surface area (TPSA) is 40.5 Å². The Bertz CT molecular complexity index is 269. The lowest BCUT2D eigenvalue weighted by Gasteiger charge is -2.24. The molecule has 0 amide bonds. The molecule has 0 unspecified atom stereocenters. The molecule has 1 rings (SSSR count). The summed E-state index contributed by atoms with van der Waals surface area (Å²) in [5.41, 5.74) is -0.458. The molecule has 2 N–H and O–H groups in total. The van der Waals surface area contributed by atoms with E-state index < -0.39 is 5.60 Å². The Labute approximate surface area is 78.2 Å². The molecule has 70 valence electrons. The van der Waals surface area contributed by atoms with Crippen LogP contribution in [0.2, 0.25) is 0 Å². The van der Waals surface area contributed by atoms with Gasteiger partial charge in [-0.2, -0.15) is 0 Å². The molecule has 2 heteroatoms. The third-order valence-electron chi connectivity index (χ3n) is 2.05. The summed E-state index contributed by atoms with van der Waals surface area (Å²) in [5, 5.41) is 19.0. The lowest BCUT2D eigenvalue weighted by Crippen LogP contribution is -2.29. The normalized spacial score (nSPS) is 14.9. The highest BCUT2D eigenvalue weighted by Crippen LogP contribution is 2.24. The Balaban J connectivity index is 2.95. The van der Waals surface area contributed by atoms with Gasteiger partial charge >= 0.3 is 0 Å². The predicted molar refractivity (Wildman–Crippen MR) is 52.2 cm³/mol. The maximum atomic E-state index is 9.97. The van der Waals surface area contributed by atoms with E-state index in [4.69, 9.17) is 5.11 Å². The standard InChI is InChI=1S/C11H14O2/c1-2-8-11(13,9-12)10-6-4-3-5-7-10/h2-7,12-13H,1,8-9H2/t11-/m0/s1. The lowest BCUT2D eigenvalue weighted by molar-refractivity contribution is -0.0164. The molecule has 0 aliphatic carbocycles. The molecular formula is C11H14O2. The summed E-state index contributed by atoms with van der Waals surface area (Å²) in [6, 6.07) is 9.12. The van der Waals surface area contributed by atoms with Gasteiger partial charge in [-0.25, -0.2) is 0 Å². The maximum Gasteiger partial charge on any atom is 0.116 e. The van der Waals surface area contributed by atoms with Crippen LogP contribution in [0.1, 0.15) is 12.0 Å². The van der Waals surface area contributed by atoms with Crippen molar-refractivity contribution in [2.24, 2.45) is 0 Å². The van der Waals surface area contributed by atoms with Gasteiger partial charge < -0.3 is 10.2 Å². The SMILES string of the molecule is C=CC[C@](O)(CO)c1ccccc1. The lowest BCUT2D eigenvalue weighted by atomic mass is 9.91. The Morgan fingerprint density at radius 1 is 1.31 bits per heavy atom. The quantitative estimate of drug-likeness (QED) is 0.685. The van der Waals surface area contributed by atoms with Crippen molar-refractivity contribution in [1.29, 1.82) is 0 Å². The predicted octanol–water partition coefficient (Wildman–Crippen LogP) is 1.44. The van der Waals surface area contributed by atoms with Crippen molar-refractivity contribution in [2.45, 2.75) is 12.0 Å². The van der Waals surface area contributed by atoms with Gasteiger partial charge in [0.25, 0.3) is 0 Å². The molecule has 0 fully saturated rings. The summed E-state index contributed by atoms with van der Waals surface area (Å²) in [7, 11) is 0. The molecule has 0 bridgehead atoms. The van der Waals surface area contributed by atoms with E-state index in [0.29, 0.717) is 6.42 Å². The molecule has 0 aliphatic heterocycles. The second-order valence-electron chi connectivity index (χ2n) is 3.05. The summed E-state index contributed by atoms with van der Waals surface area (Å²) >= 11 is 0. The van der Waals surface area contributed by atoms with Gasteiger partial charge in [0.1, 0.15) is 5.60 Å². The van der Waals surface area contributed by atoms with E-state index in [1.54, 1.807) is 18.2 Å². The van der Waals surface area contributed by atoms with Gasteiger partial charge in [0.05, 0.1) is 6.61 Å². The van der Waals surface area contributed by atoms with Crippen molar-refractivity contribution in [1.82, 2.24) is 0 Å². The molecule has 0 saturated carbocycles. The number of aliphatic hydroxyl groups is 2. The summed E-state index contributed by atoms with van der Waals surface area (Å²) in [6.45, 7) is 3.26. The zero-order chi connectivity index (χ0) is 9.73. The highest BCUT2D eigenvalue weighted by atomic mass is 16.3. The maximum absolute atomic E-state index is 9.97. The van der Waals surface area contributed by atoms with Crippen molar-refractivity contribution in [3.8, 4) is 0 Å². The fraction of sp³-hybridized carbons (Fsp3) is 0.273. The summed E-state index contributed by atoms with van der Waals surface area (Å²) < 4.78 is 0. The fourth-order valence-electron chi connectivity index (χ4n) is 1.26. The molecule has 0 aliphatic rings. The van der Waals surface area contributed by atoms with Gasteiger partial charge in [0, 0.05) is 6.42 Å². The molecular weight excluding hydrogens is 164 g/mol. The minimum atomic E-state index is -1.18. The number of aliphatic hydroxyl groups excluding tert-OH is 1. The Hall–Kier alpha value is -1.12. The van der Waals surface area contributed by atoms with Crippen LogP contribution in [0.5, 0.6) is 0 Å². The van der Waals surface area contributed by atoms with Crippen LogP contribution in [0.3, 0.4) is 0 Å². The van der Waals surface area contributed by atoms with Crippen LogP contribution >= 0.6 is 0 Å². The monoisotopic (exact) mass is 178 g/mol. The number of hydrogen-bond acceptors (Lipinski definition) is 2. The molecule has 0 saturated heterocycles. The van der Waals surface area contributed by atoms with Crippen LogP contribution in [0.15, 0.2) is 43.0 Å². The van der Waals surface area contributed by atoms with Gasteiger partial charge in [-0.1, -0.05) is 36.4 Å². The van der Waals surface area contributed by atoms with E-state index in [1.165, 1.54) is 0 Å². The average molecular weight is 178 g/mol. The van der Waals surface area contributed by atoms with Gasteiger partial charge in [0.15, 0.2) is 0 Å². The third-order valence-corrected chi connectivity index (χ3v) is 2.05. The van der Waals surface area contributed by atoms with E-state index in [2.05, 4.69) is 6.58 Å². The van der Waals surface area contributed by atoms with E-state index in [0.717, 1.165) is 5.56 Å². The molecule has 0 spiro atoms. The molecule has 0 heterocycles. The summed E-state index contributed by atoms with van der Waals surface area (Å²) in [5.74, 6) is 0. The minimum Gasteiger partial charge on any atom is -0.393 e. The average Bonchev–Trinajstić information content (AvgIpc) is 2.19. The molecule has 0 aromatic heterocycles. The summed E-state index contributed by atoms with van der Waals surface area (Å²) in [6.07, 6.45) is 1.96. The molecule has 1 aromatic carbocycles.